The number of carbonyl (C=O) groups excluding carboxylic acids is 1. The van der Waals surface area contributed by atoms with Crippen molar-refractivity contribution in [3.63, 3.8) is 0 Å². The van der Waals surface area contributed by atoms with Gasteiger partial charge >= 0.3 is 0 Å². The van der Waals surface area contributed by atoms with E-state index in [4.69, 9.17) is 14.5 Å². The summed E-state index contributed by atoms with van der Waals surface area (Å²) in [5.74, 6) is 1.54. The number of amides is 1. The highest BCUT2D eigenvalue weighted by molar-refractivity contribution is 6.07. The van der Waals surface area contributed by atoms with E-state index >= 15 is 0 Å². The van der Waals surface area contributed by atoms with Crippen LogP contribution in [0.4, 0.5) is 0 Å². The molecule has 0 N–H and O–H groups in total. The number of ether oxygens (including phenoxy) is 2. The Kier molecular flexibility index (Phi) is 5.01. The molecule has 1 fully saturated rings. The predicted molar refractivity (Wildman–Crippen MR) is 116 cm³/mol. The van der Waals surface area contributed by atoms with Crippen LogP contribution in [0, 0.1) is 0 Å². The molecule has 0 bridgehead atoms. The first-order chi connectivity index (χ1) is 14.7. The molecule has 2 aromatic carbocycles. The van der Waals surface area contributed by atoms with E-state index in [9.17, 15) is 4.79 Å². The van der Waals surface area contributed by atoms with Crippen LogP contribution in [0.1, 0.15) is 17.3 Å². The average molecular weight is 403 g/mol. The van der Waals surface area contributed by atoms with Gasteiger partial charge in [-0.25, -0.2) is 4.98 Å². The third-order valence-electron chi connectivity index (χ3n) is 5.89. The first kappa shape index (κ1) is 18.9. The molecule has 0 radical (unpaired) electrons. The first-order valence-corrected chi connectivity index (χ1v) is 10.5. The molecule has 1 amide bonds. The van der Waals surface area contributed by atoms with Gasteiger partial charge in [-0.1, -0.05) is 25.1 Å². The summed E-state index contributed by atoms with van der Waals surface area (Å²) in [5, 5.41) is 0.890. The number of hydrogen-bond donors (Lipinski definition) is 0. The number of rotatable bonds is 3. The van der Waals surface area contributed by atoms with Crippen LogP contribution in [0.3, 0.4) is 0 Å². The van der Waals surface area contributed by atoms with Crippen molar-refractivity contribution in [1.82, 2.24) is 14.8 Å². The van der Waals surface area contributed by atoms with E-state index in [1.807, 2.05) is 53.4 Å². The number of nitrogens with zero attached hydrogens (tertiary/aromatic N) is 3. The van der Waals surface area contributed by atoms with E-state index in [2.05, 4.69) is 11.8 Å². The van der Waals surface area contributed by atoms with Crippen molar-refractivity contribution in [2.75, 3.05) is 45.9 Å². The second-order valence-corrected chi connectivity index (χ2v) is 7.66. The molecule has 5 rings (SSSR count). The summed E-state index contributed by atoms with van der Waals surface area (Å²) in [4.78, 5) is 22.6. The highest BCUT2D eigenvalue weighted by Gasteiger charge is 2.24. The minimum absolute atomic E-state index is 0.0724. The number of carbonyl (C=O) groups is 1. The van der Waals surface area contributed by atoms with Gasteiger partial charge in [0, 0.05) is 37.1 Å². The van der Waals surface area contributed by atoms with Crippen LogP contribution < -0.4 is 9.47 Å². The molecule has 2 aliphatic rings. The van der Waals surface area contributed by atoms with E-state index in [0.29, 0.717) is 18.8 Å². The number of benzene rings is 2. The summed E-state index contributed by atoms with van der Waals surface area (Å²) in [7, 11) is 0. The molecule has 0 unspecified atom stereocenters. The number of piperazine rings is 1. The summed E-state index contributed by atoms with van der Waals surface area (Å²) in [6.07, 6.45) is 0. The Hall–Kier alpha value is -3.12. The molecule has 0 spiro atoms. The van der Waals surface area contributed by atoms with Gasteiger partial charge < -0.3 is 19.3 Å². The van der Waals surface area contributed by atoms with E-state index in [-0.39, 0.29) is 5.91 Å². The summed E-state index contributed by atoms with van der Waals surface area (Å²) >= 11 is 0. The Morgan fingerprint density at radius 2 is 1.73 bits per heavy atom. The third kappa shape index (κ3) is 3.48. The normalized spacial score (nSPS) is 16.6. The van der Waals surface area contributed by atoms with E-state index in [1.54, 1.807) is 0 Å². The van der Waals surface area contributed by atoms with Crippen molar-refractivity contribution in [3.8, 4) is 22.8 Å². The zero-order chi connectivity index (χ0) is 20.5. The molecular formula is C24H25N3O3. The summed E-state index contributed by atoms with van der Waals surface area (Å²) in [6, 6.07) is 15.6. The Morgan fingerprint density at radius 3 is 2.53 bits per heavy atom. The smallest absolute Gasteiger partial charge is 0.254 e. The highest BCUT2D eigenvalue weighted by Crippen LogP contribution is 2.35. The average Bonchev–Trinajstić information content (AvgIpc) is 2.82. The van der Waals surface area contributed by atoms with Gasteiger partial charge in [0.25, 0.3) is 5.91 Å². The minimum atomic E-state index is 0.0724. The predicted octanol–water partition coefficient (Wildman–Crippen LogP) is 3.45. The molecule has 0 atom stereocenters. The van der Waals surface area contributed by atoms with E-state index in [1.165, 1.54) is 0 Å². The van der Waals surface area contributed by atoms with Crippen molar-refractivity contribution >= 4 is 16.8 Å². The lowest BCUT2D eigenvalue weighted by molar-refractivity contribution is 0.0645. The number of para-hydroxylation sites is 1. The fourth-order valence-electron chi connectivity index (χ4n) is 4.14. The van der Waals surface area contributed by atoms with E-state index < -0.39 is 0 Å². The zero-order valence-corrected chi connectivity index (χ0v) is 17.1. The molecule has 6 heteroatoms. The molecule has 154 valence electrons. The summed E-state index contributed by atoms with van der Waals surface area (Å²) < 4.78 is 11.4. The van der Waals surface area contributed by atoms with E-state index in [0.717, 1.165) is 66.4 Å². The van der Waals surface area contributed by atoms with Gasteiger partial charge in [0.1, 0.15) is 13.2 Å². The van der Waals surface area contributed by atoms with Crippen LogP contribution in [-0.4, -0.2) is 66.6 Å². The first-order valence-electron chi connectivity index (χ1n) is 10.5. The van der Waals surface area contributed by atoms with Crippen LogP contribution in [0.5, 0.6) is 11.5 Å². The van der Waals surface area contributed by atoms with Crippen molar-refractivity contribution in [2.45, 2.75) is 6.92 Å². The number of aromatic nitrogens is 1. The van der Waals surface area contributed by atoms with Crippen LogP contribution in [0.15, 0.2) is 48.5 Å². The minimum Gasteiger partial charge on any atom is -0.486 e. The van der Waals surface area contributed by atoms with Crippen molar-refractivity contribution in [3.05, 3.63) is 54.1 Å². The van der Waals surface area contributed by atoms with Gasteiger partial charge in [-0.05, 0) is 36.9 Å². The second-order valence-electron chi connectivity index (χ2n) is 7.66. The zero-order valence-electron chi connectivity index (χ0n) is 17.1. The highest BCUT2D eigenvalue weighted by atomic mass is 16.6. The van der Waals surface area contributed by atoms with Crippen LogP contribution >= 0.6 is 0 Å². The Morgan fingerprint density at radius 1 is 0.967 bits per heavy atom. The molecule has 6 nitrogen and oxygen atoms in total. The van der Waals surface area contributed by atoms with Crippen LogP contribution in [0.25, 0.3) is 22.2 Å². The van der Waals surface area contributed by atoms with Gasteiger partial charge in [-0.15, -0.1) is 0 Å². The Balaban J connectivity index is 1.54. The summed E-state index contributed by atoms with van der Waals surface area (Å²) in [5.41, 5.74) is 3.20. The molecule has 2 aliphatic heterocycles. The number of fused-ring (bicyclic) bond motifs is 2. The lowest BCUT2D eigenvalue weighted by Crippen LogP contribution is -2.48. The molecule has 3 heterocycles. The van der Waals surface area contributed by atoms with Crippen LogP contribution in [-0.2, 0) is 0 Å². The number of pyridine rings is 1. The molecule has 1 aromatic heterocycles. The summed E-state index contributed by atoms with van der Waals surface area (Å²) in [6.45, 7) is 7.62. The fraction of sp³-hybridized carbons (Fsp3) is 0.333. The monoisotopic (exact) mass is 403 g/mol. The Bertz CT molecular complexity index is 1090. The largest absolute Gasteiger partial charge is 0.486 e. The Labute approximate surface area is 176 Å². The van der Waals surface area contributed by atoms with Gasteiger partial charge in [0.15, 0.2) is 11.5 Å². The topological polar surface area (TPSA) is 54.9 Å². The standard InChI is InChI=1S/C24H25N3O3/c1-2-26-9-11-27(12-10-26)24(28)19-16-21(25-20-6-4-3-5-18(19)20)17-7-8-22-23(15-17)30-14-13-29-22/h3-8,15-16H,2,9-14H2,1H3. The van der Waals surface area contributed by atoms with Gasteiger partial charge in [-0.2, -0.15) is 0 Å². The second kappa shape index (κ2) is 7.95. The van der Waals surface area contributed by atoms with Crippen molar-refractivity contribution in [1.29, 1.82) is 0 Å². The van der Waals surface area contributed by atoms with Gasteiger partial charge in [0.2, 0.25) is 0 Å². The molecular weight excluding hydrogens is 378 g/mol. The maximum Gasteiger partial charge on any atom is 0.254 e. The van der Waals surface area contributed by atoms with Gasteiger partial charge in [-0.3, -0.25) is 4.79 Å². The third-order valence-corrected chi connectivity index (χ3v) is 5.89. The lowest BCUT2D eigenvalue weighted by Gasteiger charge is -2.34. The molecule has 0 saturated carbocycles. The molecule has 30 heavy (non-hydrogen) atoms. The maximum absolute atomic E-state index is 13.5. The van der Waals surface area contributed by atoms with Crippen LogP contribution in [0.2, 0.25) is 0 Å². The van der Waals surface area contributed by atoms with Gasteiger partial charge in [0.05, 0.1) is 16.8 Å². The molecule has 1 saturated heterocycles. The SMILES string of the molecule is CCN1CCN(C(=O)c2cc(-c3ccc4c(c3)OCCO4)nc3ccccc23)CC1. The number of likely N-dealkylation sites (N-methyl/N-ethyl adjacent to an activating group) is 1. The maximum atomic E-state index is 13.5. The van der Waals surface area contributed by atoms with Crippen molar-refractivity contribution in [2.24, 2.45) is 0 Å². The fourth-order valence-corrected chi connectivity index (χ4v) is 4.14. The number of hydrogen-bond acceptors (Lipinski definition) is 5. The molecule has 0 aliphatic carbocycles. The molecule has 3 aromatic rings. The quantitative estimate of drug-likeness (QED) is 0.671. The van der Waals surface area contributed by atoms with Crippen molar-refractivity contribution < 1.29 is 14.3 Å². The lowest BCUT2D eigenvalue weighted by atomic mass is 10.0.